The van der Waals surface area contributed by atoms with Crippen LogP contribution in [0.3, 0.4) is 0 Å². The number of H-pyrrole nitrogens is 1. The van der Waals surface area contributed by atoms with Crippen molar-refractivity contribution in [1.29, 1.82) is 0 Å². The number of rotatable bonds is 4. The summed E-state index contributed by atoms with van der Waals surface area (Å²) < 4.78 is 13.1. The maximum atomic E-state index is 13.1. The fourth-order valence-electron chi connectivity index (χ4n) is 1.94. The van der Waals surface area contributed by atoms with E-state index < -0.39 is 17.3 Å². The molecule has 8 heteroatoms. The van der Waals surface area contributed by atoms with E-state index in [4.69, 9.17) is 0 Å². The second kappa shape index (κ2) is 6.69. The van der Waals surface area contributed by atoms with E-state index in [1.165, 1.54) is 24.4 Å². The highest BCUT2D eigenvalue weighted by Crippen LogP contribution is 2.09. The molecule has 0 bridgehead atoms. The quantitative estimate of drug-likeness (QED) is 0.717. The Bertz CT molecular complexity index is 946. The minimum Gasteiger partial charge on any atom is -0.320 e. The fourth-order valence-corrected chi connectivity index (χ4v) is 1.94. The lowest BCUT2D eigenvalue weighted by atomic mass is 10.2. The lowest BCUT2D eigenvalue weighted by Gasteiger charge is -2.01. The molecule has 0 spiro atoms. The fraction of sp³-hybridized carbons (Fsp3) is 0. The van der Waals surface area contributed by atoms with E-state index in [9.17, 15) is 14.0 Å². The van der Waals surface area contributed by atoms with Gasteiger partial charge < -0.3 is 5.32 Å². The number of carbonyl (C=O) groups excluding carboxylic acids is 1. The summed E-state index contributed by atoms with van der Waals surface area (Å²) in [5.41, 5.74) is -0.0768. The van der Waals surface area contributed by atoms with E-state index >= 15 is 0 Å². The van der Waals surface area contributed by atoms with Crippen LogP contribution in [0.25, 0.3) is 0 Å². The van der Waals surface area contributed by atoms with Crippen LogP contribution in [0, 0.1) is 5.82 Å². The SMILES string of the molecule is O=C(Nc1cccc(F)c1)c1n[nH]n(N=Cc2ccccc2)c1=O. The summed E-state index contributed by atoms with van der Waals surface area (Å²) in [4.78, 5) is 25.0. The van der Waals surface area contributed by atoms with E-state index in [0.29, 0.717) is 0 Å². The van der Waals surface area contributed by atoms with Gasteiger partial charge in [0.25, 0.3) is 5.91 Å². The van der Waals surface area contributed by atoms with Gasteiger partial charge in [-0.05, 0) is 23.8 Å². The molecule has 0 aliphatic rings. The smallest absolute Gasteiger partial charge is 0.320 e. The number of nitrogens with one attached hydrogen (secondary N) is 2. The number of amides is 1. The average Bonchev–Trinajstić information content (AvgIpc) is 2.95. The third-order valence-electron chi connectivity index (χ3n) is 3.07. The summed E-state index contributed by atoms with van der Waals surface area (Å²) >= 11 is 0. The molecule has 120 valence electrons. The van der Waals surface area contributed by atoms with Crippen molar-refractivity contribution in [1.82, 2.24) is 15.1 Å². The van der Waals surface area contributed by atoms with Crippen LogP contribution in [0.4, 0.5) is 10.1 Å². The van der Waals surface area contributed by atoms with Crippen molar-refractivity contribution in [3.05, 3.63) is 82.0 Å². The first-order valence-corrected chi connectivity index (χ1v) is 6.97. The molecule has 0 saturated carbocycles. The molecular weight excluding hydrogens is 313 g/mol. The number of aromatic amines is 1. The Labute approximate surface area is 135 Å². The number of benzene rings is 2. The Morgan fingerprint density at radius 1 is 1.21 bits per heavy atom. The number of hydrogen-bond acceptors (Lipinski definition) is 4. The van der Waals surface area contributed by atoms with Crippen molar-refractivity contribution in [2.45, 2.75) is 0 Å². The van der Waals surface area contributed by atoms with Crippen molar-refractivity contribution in [3.63, 3.8) is 0 Å². The monoisotopic (exact) mass is 325 g/mol. The molecule has 0 fully saturated rings. The molecular formula is C16H12FN5O2. The zero-order valence-corrected chi connectivity index (χ0v) is 12.3. The predicted octanol–water partition coefficient (Wildman–Crippen LogP) is 1.84. The molecule has 1 aromatic heterocycles. The van der Waals surface area contributed by atoms with Gasteiger partial charge in [0, 0.05) is 5.69 Å². The molecule has 0 saturated heterocycles. The minimum atomic E-state index is -0.754. The van der Waals surface area contributed by atoms with Crippen molar-refractivity contribution < 1.29 is 9.18 Å². The number of anilines is 1. The molecule has 2 aromatic carbocycles. The van der Waals surface area contributed by atoms with Gasteiger partial charge in [0.1, 0.15) is 5.82 Å². The second-order valence-corrected chi connectivity index (χ2v) is 4.80. The van der Waals surface area contributed by atoms with E-state index in [-0.39, 0.29) is 11.4 Å². The average molecular weight is 325 g/mol. The topological polar surface area (TPSA) is 92.1 Å². The van der Waals surface area contributed by atoms with E-state index in [1.54, 1.807) is 0 Å². The molecule has 3 rings (SSSR count). The van der Waals surface area contributed by atoms with Crippen LogP contribution in [0.5, 0.6) is 0 Å². The Kier molecular flexibility index (Phi) is 4.28. The Morgan fingerprint density at radius 2 is 2.00 bits per heavy atom. The molecule has 0 aliphatic heterocycles. The molecule has 0 aliphatic carbocycles. The van der Waals surface area contributed by atoms with Crippen LogP contribution >= 0.6 is 0 Å². The summed E-state index contributed by atoms with van der Waals surface area (Å²) in [6.45, 7) is 0. The third kappa shape index (κ3) is 3.43. The first-order chi connectivity index (χ1) is 11.6. The lowest BCUT2D eigenvalue weighted by Crippen LogP contribution is -2.23. The van der Waals surface area contributed by atoms with Crippen molar-refractivity contribution >= 4 is 17.8 Å². The zero-order valence-electron chi connectivity index (χ0n) is 12.3. The van der Waals surface area contributed by atoms with Gasteiger partial charge in [0.2, 0.25) is 5.69 Å². The number of aromatic nitrogens is 3. The van der Waals surface area contributed by atoms with Gasteiger partial charge in [-0.2, -0.15) is 10.3 Å². The summed E-state index contributed by atoms with van der Waals surface area (Å²) in [6.07, 6.45) is 1.45. The molecule has 3 aromatic rings. The molecule has 24 heavy (non-hydrogen) atoms. The first-order valence-electron chi connectivity index (χ1n) is 6.97. The van der Waals surface area contributed by atoms with Gasteiger partial charge in [0.05, 0.1) is 6.21 Å². The van der Waals surface area contributed by atoms with Gasteiger partial charge >= 0.3 is 5.56 Å². The van der Waals surface area contributed by atoms with Crippen molar-refractivity contribution in [3.8, 4) is 0 Å². The van der Waals surface area contributed by atoms with Gasteiger partial charge in [-0.25, -0.2) is 4.39 Å². The van der Waals surface area contributed by atoms with Crippen LogP contribution in [0.1, 0.15) is 16.1 Å². The van der Waals surface area contributed by atoms with Crippen molar-refractivity contribution in [2.24, 2.45) is 5.10 Å². The van der Waals surface area contributed by atoms with Crippen LogP contribution in [-0.4, -0.2) is 27.2 Å². The van der Waals surface area contributed by atoms with E-state index in [0.717, 1.165) is 16.4 Å². The molecule has 2 N–H and O–H groups in total. The van der Waals surface area contributed by atoms with Crippen LogP contribution in [0.15, 0.2) is 64.5 Å². The summed E-state index contributed by atoms with van der Waals surface area (Å²) in [6, 6.07) is 14.5. The van der Waals surface area contributed by atoms with Gasteiger partial charge in [0.15, 0.2) is 0 Å². The first kappa shape index (κ1) is 15.3. The number of hydrogen-bond donors (Lipinski definition) is 2. The molecule has 0 unspecified atom stereocenters. The highest BCUT2D eigenvalue weighted by atomic mass is 19.1. The van der Waals surface area contributed by atoms with Crippen LogP contribution in [-0.2, 0) is 0 Å². The van der Waals surface area contributed by atoms with E-state index in [1.807, 2.05) is 30.3 Å². The molecule has 0 atom stereocenters. The molecule has 1 heterocycles. The highest BCUT2D eigenvalue weighted by Gasteiger charge is 2.16. The van der Waals surface area contributed by atoms with E-state index in [2.05, 4.69) is 20.7 Å². The Balaban J connectivity index is 1.78. The standard InChI is InChI=1S/C16H12FN5O2/c17-12-7-4-8-13(9-12)19-15(23)14-16(24)22(21-20-14)18-10-11-5-2-1-3-6-11/h1-10,21H,(H,19,23). The molecule has 0 radical (unpaired) electrons. The predicted molar refractivity (Wildman–Crippen MR) is 86.6 cm³/mol. The van der Waals surface area contributed by atoms with Crippen LogP contribution < -0.4 is 10.9 Å². The normalized spacial score (nSPS) is 10.9. The van der Waals surface area contributed by atoms with Gasteiger partial charge in [-0.1, -0.05) is 36.4 Å². The Morgan fingerprint density at radius 3 is 2.75 bits per heavy atom. The summed E-state index contributed by atoms with van der Waals surface area (Å²) in [5.74, 6) is -1.25. The second-order valence-electron chi connectivity index (χ2n) is 4.80. The van der Waals surface area contributed by atoms with Crippen molar-refractivity contribution in [2.75, 3.05) is 5.32 Å². The zero-order chi connectivity index (χ0) is 16.9. The maximum absolute atomic E-state index is 13.1. The highest BCUT2D eigenvalue weighted by molar-refractivity contribution is 6.02. The molecule has 1 amide bonds. The number of carbonyl (C=O) groups is 1. The number of halogens is 1. The summed E-state index contributed by atoms with van der Waals surface area (Å²) in [7, 11) is 0. The van der Waals surface area contributed by atoms with Gasteiger partial charge in [-0.3, -0.25) is 9.59 Å². The third-order valence-corrected chi connectivity index (χ3v) is 3.07. The Hall–Kier alpha value is -3.55. The van der Waals surface area contributed by atoms with Crippen LogP contribution in [0.2, 0.25) is 0 Å². The summed E-state index contributed by atoms with van der Waals surface area (Å²) in [5, 5.41) is 12.3. The largest absolute Gasteiger partial charge is 0.320 e. The minimum absolute atomic E-state index is 0.224. The molecule has 7 nitrogen and oxygen atoms in total. The lowest BCUT2D eigenvalue weighted by molar-refractivity contribution is 0.102. The van der Waals surface area contributed by atoms with Gasteiger partial charge in [-0.15, -0.1) is 9.89 Å². The number of nitrogens with zero attached hydrogens (tertiary/aromatic N) is 3. The maximum Gasteiger partial charge on any atom is 0.320 e.